The fourth-order valence-corrected chi connectivity index (χ4v) is 3.65. The van der Waals surface area contributed by atoms with E-state index in [-0.39, 0.29) is 12.0 Å². The molecule has 7 heteroatoms. The number of fused-ring (bicyclic) bond motifs is 2. The smallest absolute Gasteiger partial charge is 0.340 e. The van der Waals surface area contributed by atoms with Crippen LogP contribution in [-0.2, 0) is 16.0 Å². The van der Waals surface area contributed by atoms with Crippen molar-refractivity contribution in [1.29, 1.82) is 0 Å². The molecule has 1 aromatic carbocycles. The van der Waals surface area contributed by atoms with Crippen molar-refractivity contribution in [3.05, 3.63) is 44.5 Å². The highest BCUT2D eigenvalue weighted by atomic mass is 16.4. The lowest BCUT2D eigenvalue weighted by Gasteiger charge is -2.14. The average molecular weight is 399 g/mol. The summed E-state index contributed by atoms with van der Waals surface area (Å²) in [6.07, 6.45) is 0.702. The third kappa shape index (κ3) is 3.64. The third-order valence-electron chi connectivity index (χ3n) is 5.49. The van der Waals surface area contributed by atoms with E-state index in [0.29, 0.717) is 29.6 Å². The summed E-state index contributed by atoms with van der Waals surface area (Å²) < 4.78 is 11.4. The molecule has 0 bridgehead atoms. The van der Waals surface area contributed by atoms with Crippen molar-refractivity contribution in [3.63, 3.8) is 0 Å². The number of rotatable bonds is 6. The summed E-state index contributed by atoms with van der Waals surface area (Å²) in [6, 6.07) is 0.944. The molecular weight excluding hydrogens is 374 g/mol. The van der Waals surface area contributed by atoms with Gasteiger partial charge in [0, 0.05) is 16.3 Å². The van der Waals surface area contributed by atoms with Gasteiger partial charge in [0.25, 0.3) is 0 Å². The molecule has 0 spiro atoms. The average Bonchev–Trinajstić information content (AvgIpc) is 2.94. The summed E-state index contributed by atoms with van der Waals surface area (Å²) in [5, 5.41) is 13.4. The maximum Gasteiger partial charge on any atom is 0.340 e. The Morgan fingerprint density at radius 2 is 1.66 bits per heavy atom. The lowest BCUT2D eigenvalue weighted by Crippen LogP contribution is -2.41. The first kappa shape index (κ1) is 20.6. The molecule has 0 aliphatic rings. The number of amides is 1. The van der Waals surface area contributed by atoms with Crippen molar-refractivity contribution in [1.82, 2.24) is 5.32 Å². The molecule has 0 saturated heterocycles. The number of carbonyl (C=O) groups is 2. The van der Waals surface area contributed by atoms with Crippen LogP contribution in [0.25, 0.3) is 21.9 Å². The Kier molecular flexibility index (Phi) is 5.50. The van der Waals surface area contributed by atoms with Gasteiger partial charge in [-0.05, 0) is 51.3 Å². The molecule has 7 nitrogen and oxygen atoms in total. The number of carbonyl (C=O) groups excluding carboxylic acids is 1. The molecule has 3 rings (SSSR count). The fraction of sp³-hybridized carbons (Fsp3) is 0.409. The van der Waals surface area contributed by atoms with Gasteiger partial charge in [-0.1, -0.05) is 13.3 Å². The van der Waals surface area contributed by atoms with Gasteiger partial charge in [-0.2, -0.15) is 0 Å². The Bertz CT molecular complexity index is 1180. The molecule has 0 radical (unpaired) electrons. The maximum absolute atomic E-state index is 12.6. The zero-order valence-electron chi connectivity index (χ0n) is 17.3. The van der Waals surface area contributed by atoms with Crippen LogP contribution in [0.3, 0.4) is 0 Å². The first-order valence-electron chi connectivity index (χ1n) is 9.63. The number of benzene rings is 1. The summed E-state index contributed by atoms with van der Waals surface area (Å²) in [4.78, 5) is 36.3. The highest BCUT2D eigenvalue weighted by Crippen LogP contribution is 2.34. The molecule has 0 fully saturated rings. The minimum Gasteiger partial charge on any atom is -0.480 e. The summed E-state index contributed by atoms with van der Waals surface area (Å²) in [5.74, 6) is -0.811. The SMILES string of the molecule is CCC[C@H](NC(=O)Cc1c(C)c2cc3c(C)c(C)oc3c(C)c2oc1=O)C(=O)O. The second-order valence-corrected chi connectivity index (χ2v) is 7.46. The van der Waals surface area contributed by atoms with Crippen LogP contribution in [0.15, 0.2) is 19.7 Å². The molecule has 154 valence electrons. The number of carboxylic acid groups (broad SMARTS) is 1. The van der Waals surface area contributed by atoms with Crippen LogP contribution in [0.1, 0.15) is 47.8 Å². The predicted molar refractivity (Wildman–Crippen MR) is 109 cm³/mol. The lowest BCUT2D eigenvalue weighted by atomic mass is 9.98. The monoisotopic (exact) mass is 399 g/mol. The summed E-state index contributed by atoms with van der Waals surface area (Å²) >= 11 is 0. The third-order valence-corrected chi connectivity index (χ3v) is 5.49. The Balaban J connectivity index is 2.06. The van der Waals surface area contributed by atoms with E-state index in [1.54, 1.807) is 6.92 Å². The van der Waals surface area contributed by atoms with E-state index in [9.17, 15) is 19.5 Å². The highest BCUT2D eigenvalue weighted by Gasteiger charge is 2.23. The Morgan fingerprint density at radius 1 is 1.03 bits per heavy atom. The van der Waals surface area contributed by atoms with Crippen LogP contribution in [0, 0.1) is 27.7 Å². The van der Waals surface area contributed by atoms with Gasteiger partial charge in [-0.3, -0.25) is 4.79 Å². The van der Waals surface area contributed by atoms with Crippen molar-refractivity contribution in [2.45, 2.75) is 59.9 Å². The van der Waals surface area contributed by atoms with E-state index in [0.717, 1.165) is 27.7 Å². The van der Waals surface area contributed by atoms with Crippen LogP contribution in [0.2, 0.25) is 0 Å². The predicted octanol–water partition coefficient (Wildman–Crippen LogP) is 3.68. The molecular formula is C22H25NO6. The number of aliphatic carboxylic acids is 1. The Morgan fingerprint density at radius 3 is 2.28 bits per heavy atom. The highest BCUT2D eigenvalue weighted by molar-refractivity contribution is 6.00. The van der Waals surface area contributed by atoms with Gasteiger partial charge < -0.3 is 19.3 Å². The van der Waals surface area contributed by atoms with Crippen LogP contribution in [-0.4, -0.2) is 23.0 Å². The van der Waals surface area contributed by atoms with Gasteiger partial charge in [0.2, 0.25) is 5.91 Å². The first-order valence-corrected chi connectivity index (χ1v) is 9.63. The molecule has 3 aromatic rings. The number of nitrogens with one attached hydrogen (secondary N) is 1. The van der Waals surface area contributed by atoms with Crippen molar-refractivity contribution in [2.24, 2.45) is 0 Å². The van der Waals surface area contributed by atoms with Crippen LogP contribution >= 0.6 is 0 Å². The largest absolute Gasteiger partial charge is 0.480 e. The molecule has 0 aliphatic heterocycles. The zero-order valence-corrected chi connectivity index (χ0v) is 17.3. The molecule has 1 atom stereocenters. The summed E-state index contributed by atoms with van der Waals surface area (Å²) in [7, 11) is 0. The van der Waals surface area contributed by atoms with Gasteiger partial charge in [0.1, 0.15) is 23.0 Å². The van der Waals surface area contributed by atoms with Crippen molar-refractivity contribution in [3.8, 4) is 0 Å². The van der Waals surface area contributed by atoms with Gasteiger partial charge in [-0.15, -0.1) is 0 Å². The van der Waals surface area contributed by atoms with Crippen molar-refractivity contribution >= 4 is 33.8 Å². The molecule has 1 amide bonds. The standard InChI is InChI=1S/C22H25NO6/c1-6-7-17(21(25)26)23-18(24)9-16-11(3)15-8-14-10(2)13(5)28-19(14)12(4)20(15)29-22(16)27/h8,17H,6-7,9H2,1-5H3,(H,23,24)(H,25,26)/t17-/m0/s1. The molecule has 2 heterocycles. The molecule has 2 N–H and O–H groups in total. The Hall–Kier alpha value is -3.09. The number of hydrogen-bond donors (Lipinski definition) is 2. The maximum atomic E-state index is 12.6. The normalized spacial score (nSPS) is 12.4. The quantitative estimate of drug-likeness (QED) is 0.612. The number of furan rings is 1. The molecule has 0 unspecified atom stereocenters. The van der Waals surface area contributed by atoms with E-state index in [4.69, 9.17) is 8.83 Å². The van der Waals surface area contributed by atoms with Gasteiger partial charge in [-0.25, -0.2) is 9.59 Å². The minimum absolute atomic E-state index is 0.229. The van der Waals surface area contributed by atoms with E-state index in [2.05, 4.69) is 5.32 Å². The van der Waals surface area contributed by atoms with Gasteiger partial charge in [0.15, 0.2) is 0 Å². The van der Waals surface area contributed by atoms with Crippen molar-refractivity contribution in [2.75, 3.05) is 0 Å². The van der Waals surface area contributed by atoms with Gasteiger partial charge >= 0.3 is 11.6 Å². The number of carboxylic acids is 1. The topological polar surface area (TPSA) is 110 Å². The van der Waals surface area contributed by atoms with Crippen LogP contribution < -0.4 is 10.9 Å². The molecule has 29 heavy (non-hydrogen) atoms. The number of aryl methyl sites for hydroxylation is 4. The fourth-order valence-electron chi connectivity index (χ4n) is 3.65. The van der Waals surface area contributed by atoms with E-state index < -0.39 is 23.5 Å². The van der Waals surface area contributed by atoms with E-state index in [1.165, 1.54) is 0 Å². The Labute approximate surface area is 167 Å². The van der Waals surface area contributed by atoms with Gasteiger partial charge in [0.05, 0.1) is 12.0 Å². The second-order valence-electron chi connectivity index (χ2n) is 7.46. The zero-order chi connectivity index (χ0) is 21.5. The summed E-state index contributed by atoms with van der Waals surface area (Å²) in [6.45, 7) is 9.30. The molecule has 0 saturated carbocycles. The first-order chi connectivity index (χ1) is 13.6. The molecule has 0 aliphatic carbocycles. The molecule has 2 aromatic heterocycles. The summed E-state index contributed by atoms with van der Waals surface area (Å²) in [5.41, 5.74) is 3.15. The van der Waals surface area contributed by atoms with E-state index in [1.807, 2.05) is 33.8 Å². The van der Waals surface area contributed by atoms with Crippen LogP contribution in [0.4, 0.5) is 0 Å². The van der Waals surface area contributed by atoms with E-state index >= 15 is 0 Å². The minimum atomic E-state index is -1.09. The second kappa shape index (κ2) is 7.73. The van der Waals surface area contributed by atoms with Crippen LogP contribution in [0.5, 0.6) is 0 Å². The van der Waals surface area contributed by atoms with Crippen molar-refractivity contribution < 1.29 is 23.5 Å². The lowest BCUT2D eigenvalue weighted by molar-refractivity contribution is -0.141. The number of hydrogen-bond acceptors (Lipinski definition) is 5.